The van der Waals surface area contributed by atoms with Gasteiger partial charge in [0.2, 0.25) is 0 Å². The van der Waals surface area contributed by atoms with Crippen molar-refractivity contribution in [1.82, 2.24) is 20.8 Å². The number of carbonyl (C=O) groups is 2. The predicted octanol–water partition coefficient (Wildman–Crippen LogP) is 7.48. The first kappa shape index (κ1) is 34.7. The first-order chi connectivity index (χ1) is 26.1. The van der Waals surface area contributed by atoms with Crippen LogP contribution in [-0.4, -0.2) is 44.1 Å². The van der Waals surface area contributed by atoms with Crippen molar-refractivity contribution in [2.75, 3.05) is 0 Å². The van der Waals surface area contributed by atoms with E-state index < -0.39 is 21.7 Å². The fourth-order valence-electron chi connectivity index (χ4n) is 6.23. The summed E-state index contributed by atoms with van der Waals surface area (Å²) in [5, 5.41) is 31.9. The number of fused-ring (bicyclic) bond motifs is 2. The van der Waals surface area contributed by atoms with Gasteiger partial charge in [0.15, 0.2) is 0 Å². The minimum absolute atomic E-state index is 0.0850. The van der Waals surface area contributed by atoms with Crippen molar-refractivity contribution < 1.29 is 19.4 Å². The zero-order valence-electron chi connectivity index (χ0n) is 28.5. The lowest BCUT2D eigenvalue weighted by Crippen LogP contribution is -2.17. The summed E-state index contributed by atoms with van der Waals surface area (Å²) in [5.74, 6) is -1.26. The molecule has 0 unspecified atom stereocenters. The molecule has 0 atom stereocenters. The smallest absolute Gasteiger partial charge is 0.271 e. The number of hydrogen-bond acceptors (Lipinski definition) is 8. The van der Waals surface area contributed by atoms with E-state index in [-0.39, 0.29) is 17.3 Å². The molecule has 54 heavy (non-hydrogen) atoms. The summed E-state index contributed by atoms with van der Waals surface area (Å²) in [6, 6.07) is 30.5. The molecule has 2 amide bonds. The number of hydrazone groups is 2. The summed E-state index contributed by atoms with van der Waals surface area (Å²) in [7, 11) is 0. The molecule has 0 aliphatic heterocycles. The third-order valence-corrected chi connectivity index (χ3v) is 8.91. The Morgan fingerprint density at radius 3 is 1.56 bits per heavy atom. The van der Waals surface area contributed by atoms with Crippen LogP contribution >= 0.6 is 0 Å². The number of nitro benzene ring substituents is 2. The van der Waals surface area contributed by atoms with Crippen molar-refractivity contribution >= 4 is 57.4 Å². The number of hydrogen-bond donors (Lipinski definition) is 4. The molecule has 14 nitrogen and oxygen atoms in total. The minimum atomic E-state index is -0.502. The van der Waals surface area contributed by atoms with Gasteiger partial charge in [-0.15, -0.1) is 0 Å². The Labute approximate surface area is 306 Å². The zero-order valence-corrected chi connectivity index (χ0v) is 28.5. The van der Waals surface area contributed by atoms with Gasteiger partial charge in [0.1, 0.15) is 0 Å². The molecule has 0 aliphatic rings. The maximum atomic E-state index is 13.2. The third kappa shape index (κ3) is 7.34. The number of nitrogens with zero attached hydrogens (tertiary/aromatic N) is 4. The molecule has 0 bridgehead atoms. The molecule has 0 spiro atoms. The maximum absolute atomic E-state index is 13.2. The van der Waals surface area contributed by atoms with Gasteiger partial charge in [0.05, 0.1) is 22.3 Å². The number of nitro groups is 2. The molecule has 2 heterocycles. The van der Waals surface area contributed by atoms with Crippen LogP contribution in [0.4, 0.5) is 11.4 Å². The molecule has 266 valence electrons. The Bertz CT molecular complexity index is 2480. The van der Waals surface area contributed by atoms with Crippen LogP contribution in [0.5, 0.6) is 0 Å². The van der Waals surface area contributed by atoms with E-state index in [9.17, 15) is 29.8 Å². The van der Waals surface area contributed by atoms with Crippen molar-refractivity contribution in [3.8, 4) is 0 Å². The third-order valence-electron chi connectivity index (χ3n) is 8.91. The van der Waals surface area contributed by atoms with Crippen LogP contribution in [0, 0.1) is 27.2 Å². The number of amides is 2. The highest BCUT2D eigenvalue weighted by Crippen LogP contribution is 2.40. The summed E-state index contributed by atoms with van der Waals surface area (Å²) in [4.78, 5) is 54.4. The fraction of sp³-hybridized carbons (Fsp3) is 0.0500. The minimum Gasteiger partial charge on any atom is -0.361 e. The van der Waals surface area contributed by atoms with E-state index in [0.717, 1.165) is 44.1 Å². The molecule has 0 saturated heterocycles. The lowest BCUT2D eigenvalue weighted by Gasteiger charge is -2.18. The van der Waals surface area contributed by atoms with Gasteiger partial charge in [0, 0.05) is 86.6 Å². The van der Waals surface area contributed by atoms with Crippen LogP contribution in [0.3, 0.4) is 0 Å². The van der Waals surface area contributed by atoms with Gasteiger partial charge in [-0.1, -0.05) is 54.1 Å². The van der Waals surface area contributed by atoms with E-state index in [1.807, 2.05) is 43.6 Å². The van der Waals surface area contributed by atoms with Crippen LogP contribution in [-0.2, 0) is 0 Å². The SMILES string of the molecule is Cc1ccc(C(c2c[nH]c3ccc(C(=O)N/N=C/c4cccc([N+](=O)[O-])c4)cc23)c2c[nH]c3ccc(C(=O)N/N=C/c4cccc([N+](=O)[O-])c4)cc23)cc1. The van der Waals surface area contributed by atoms with Crippen LogP contribution in [0.25, 0.3) is 21.8 Å². The van der Waals surface area contributed by atoms with Gasteiger partial charge in [-0.3, -0.25) is 29.8 Å². The van der Waals surface area contributed by atoms with Crippen molar-refractivity contribution in [2.24, 2.45) is 10.2 Å². The first-order valence-electron chi connectivity index (χ1n) is 16.6. The quantitative estimate of drug-likeness (QED) is 0.0606. The number of nitrogens with one attached hydrogen (secondary N) is 4. The molecular formula is C40H30N8O6. The summed E-state index contributed by atoms with van der Waals surface area (Å²) in [5.41, 5.74) is 11.9. The number of aromatic amines is 2. The van der Waals surface area contributed by atoms with E-state index in [0.29, 0.717) is 22.3 Å². The van der Waals surface area contributed by atoms with Crippen LogP contribution in [0.2, 0.25) is 0 Å². The van der Waals surface area contributed by atoms with E-state index in [1.165, 1.54) is 48.8 Å². The highest BCUT2D eigenvalue weighted by atomic mass is 16.6. The van der Waals surface area contributed by atoms with Crippen LogP contribution in [0.1, 0.15) is 60.0 Å². The second-order valence-corrected chi connectivity index (χ2v) is 12.5. The number of aromatic nitrogens is 2. The molecule has 0 radical (unpaired) electrons. The van der Waals surface area contributed by atoms with Crippen molar-refractivity contribution in [2.45, 2.75) is 12.8 Å². The molecule has 2 aromatic heterocycles. The number of carbonyl (C=O) groups excluding carboxylic acids is 2. The van der Waals surface area contributed by atoms with Crippen molar-refractivity contribution in [3.63, 3.8) is 0 Å². The average Bonchev–Trinajstić information content (AvgIpc) is 3.80. The number of rotatable bonds is 11. The van der Waals surface area contributed by atoms with E-state index in [2.05, 4.69) is 43.2 Å². The number of H-pyrrole nitrogens is 2. The first-order valence-corrected chi connectivity index (χ1v) is 16.6. The molecule has 4 N–H and O–H groups in total. The van der Waals surface area contributed by atoms with Crippen LogP contribution < -0.4 is 10.9 Å². The lowest BCUT2D eigenvalue weighted by atomic mass is 9.84. The maximum Gasteiger partial charge on any atom is 0.271 e. The summed E-state index contributed by atoms with van der Waals surface area (Å²) < 4.78 is 0. The lowest BCUT2D eigenvalue weighted by molar-refractivity contribution is -0.385. The molecule has 7 rings (SSSR count). The van der Waals surface area contributed by atoms with Crippen LogP contribution in [0.15, 0.2) is 132 Å². The number of non-ortho nitro benzene ring substituents is 2. The van der Waals surface area contributed by atoms with Gasteiger partial charge in [-0.25, -0.2) is 10.9 Å². The summed E-state index contributed by atoms with van der Waals surface area (Å²) in [6.07, 6.45) is 6.51. The highest BCUT2D eigenvalue weighted by molar-refractivity contribution is 6.01. The molecule has 0 aliphatic carbocycles. The zero-order chi connectivity index (χ0) is 37.8. The summed E-state index contributed by atoms with van der Waals surface area (Å²) in [6.45, 7) is 2.01. The topological polar surface area (TPSA) is 201 Å². The Morgan fingerprint density at radius 2 is 1.11 bits per heavy atom. The van der Waals surface area contributed by atoms with E-state index in [4.69, 9.17) is 0 Å². The fourth-order valence-corrected chi connectivity index (χ4v) is 6.23. The van der Waals surface area contributed by atoms with Crippen molar-refractivity contribution in [3.05, 3.63) is 186 Å². The Hall–Kier alpha value is -7.74. The number of aryl methyl sites for hydroxylation is 1. The van der Waals surface area contributed by atoms with E-state index >= 15 is 0 Å². The molecule has 0 saturated carbocycles. The van der Waals surface area contributed by atoms with Gasteiger partial charge >= 0.3 is 0 Å². The Kier molecular flexibility index (Phi) is 9.54. The molecule has 5 aromatic carbocycles. The Balaban J connectivity index is 1.20. The Morgan fingerprint density at radius 1 is 0.648 bits per heavy atom. The molecular weight excluding hydrogens is 688 g/mol. The summed E-state index contributed by atoms with van der Waals surface area (Å²) >= 11 is 0. The monoisotopic (exact) mass is 718 g/mol. The highest BCUT2D eigenvalue weighted by Gasteiger charge is 2.24. The average molecular weight is 719 g/mol. The molecule has 0 fully saturated rings. The number of benzene rings is 5. The molecule has 14 heteroatoms. The predicted molar refractivity (Wildman–Crippen MR) is 205 cm³/mol. The largest absolute Gasteiger partial charge is 0.361 e. The van der Waals surface area contributed by atoms with Gasteiger partial charge in [0.25, 0.3) is 23.2 Å². The second kappa shape index (κ2) is 14.9. The van der Waals surface area contributed by atoms with Crippen molar-refractivity contribution in [1.29, 1.82) is 0 Å². The standard InChI is InChI=1S/C40H30N8O6/c1-24-8-10-27(11-9-24)38(34-22-41-36-14-12-28(18-32(34)36)39(49)45-43-20-25-4-2-6-30(16-25)47(51)52)35-23-42-37-15-13-29(19-33(35)37)40(50)46-44-21-26-5-3-7-31(17-26)48(53)54/h2-23,38,41-42H,1H3,(H,45,49)(H,46,50)/b43-20+,44-21+. The van der Waals surface area contributed by atoms with E-state index in [1.54, 1.807) is 36.4 Å². The van der Waals surface area contributed by atoms with Gasteiger partial charge in [-0.05, 0) is 60.0 Å². The molecule has 7 aromatic rings. The van der Waals surface area contributed by atoms with Gasteiger partial charge < -0.3 is 9.97 Å². The second-order valence-electron chi connectivity index (χ2n) is 12.5. The normalized spacial score (nSPS) is 11.5. The van der Waals surface area contributed by atoms with Gasteiger partial charge in [-0.2, -0.15) is 10.2 Å².